The number of carbonyl (C=O) groups is 2. The summed E-state index contributed by atoms with van der Waals surface area (Å²) in [5.41, 5.74) is 7.20. The molecule has 2 amide bonds. The molecule has 0 N–H and O–H groups in total. The zero-order valence-corrected chi connectivity index (χ0v) is 26.7. The molecule has 8 heteroatoms. The van der Waals surface area contributed by atoms with Crippen molar-refractivity contribution < 1.29 is 14.3 Å². The molecule has 0 radical (unpaired) electrons. The van der Waals surface area contributed by atoms with E-state index in [-0.39, 0.29) is 11.8 Å². The first-order valence-electron chi connectivity index (χ1n) is 16.4. The molecular formula is C37H43N5O3. The van der Waals surface area contributed by atoms with Gasteiger partial charge in [0, 0.05) is 47.5 Å². The van der Waals surface area contributed by atoms with Gasteiger partial charge in [0.2, 0.25) is 0 Å². The molecular weight excluding hydrogens is 562 g/mol. The van der Waals surface area contributed by atoms with E-state index in [1.165, 1.54) is 32.4 Å². The summed E-state index contributed by atoms with van der Waals surface area (Å²) in [5, 5.41) is 0. The van der Waals surface area contributed by atoms with Crippen molar-refractivity contribution in [3.8, 4) is 11.4 Å². The molecule has 0 unspecified atom stereocenters. The van der Waals surface area contributed by atoms with Crippen LogP contribution >= 0.6 is 0 Å². The van der Waals surface area contributed by atoms with Crippen LogP contribution in [0.2, 0.25) is 0 Å². The van der Waals surface area contributed by atoms with Crippen molar-refractivity contribution in [2.75, 3.05) is 38.2 Å². The van der Waals surface area contributed by atoms with Crippen LogP contribution in [0.1, 0.15) is 75.6 Å². The van der Waals surface area contributed by atoms with Crippen LogP contribution in [-0.4, -0.2) is 70.1 Å². The highest BCUT2D eigenvalue weighted by Crippen LogP contribution is 2.33. The van der Waals surface area contributed by atoms with E-state index in [9.17, 15) is 9.59 Å². The molecule has 2 aromatic carbocycles. The number of amides is 2. The molecule has 0 aliphatic carbocycles. The Balaban J connectivity index is 1.15. The molecule has 3 aliphatic heterocycles. The van der Waals surface area contributed by atoms with E-state index >= 15 is 0 Å². The highest BCUT2D eigenvalue weighted by atomic mass is 16.5. The van der Waals surface area contributed by atoms with Crippen LogP contribution in [0.15, 0.2) is 66.7 Å². The minimum atomic E-state index is -0.101. The van der Waals surface area contributed by atoms with Gasteiger partial charge in [-0.05, 0) is 107 Å². The quantitative estimate of drug-likeness (QED) is 0.272. The van der Waals surface area contributed by atoms with Gasteiger partial charge in [-0.15, -0.1) is 0 Å². The zero-order valence-electron chi connectivity index (χ0n) is 26.7. The average Bonchev–Trinajstić information content (AvgIpc) is 3.59. The Hall–Kier alpha value is -4.30. The molecule has 2 saturated heterocycles. The number of piperidine rings is 2. The molecule has 2 fully saturated rings. The van der Waals surface area contributed by atoms with E-state index in [1.807, 2.05) is 58.3 Å². The molecule has 0 spiro atoms. The van der Waals surface area contributed by atoms with Crippen molar-refractivity contribution in [2.45, 2.75) is 65.1 Å². The number of nitrogens with zero attached hydrogens (tertiary/aromatic N) is 5. The van der Waals surface area contributed by atoms with E-state index in [4.69, 9.17) is 4.74 Å². The first-order valence-corrected chi connectivity index (χ1v) is 16.4. The van der Waals surface area contributed by atoms with Crippen LogP contribution in [0.25, 0.3) is 5.69 Å². The summed E-state index contributed by atoms with van der Waals surface area (Å²) < 4.78 is 10.0. The van der Waals surface area contributed by atoms with Crippen molar-refractivity contribution >= 4 is 17.5 Å². The second-order valence-electron chi connectivity index (χ2n) is 12.8. The number of ether oxygens (including phenoxy) is 1. The number of anilines is 1. The summed E-state index contributed by atoms with van der Waals surface area (Å²) in [5.74, 6) is 0.633. The Bertz CT molecular complexity index is 1700. The Morgan fingerprint density at radius 3 is 2.22 bits per heavy atom. The number of hydrogen-bond acceptors (Lipinski definition) is 4. The second kappa shape index (κ2) is 12.2. The molecule has 5 heterocycles. The Morgan fingerprint density at radius 2 is 1.49 bits per heavy atom. The number of rotatable bonds is 5. The lowest BCUT2D eigenvalue weighted by Crippen LogP contribution is -2.48. The molecule has 45 heavy (non-hydrogen) atoms. The summed E-state index contributed by atoms with van der Waals surface area (Å²) in [7, 11) is 1.64. The zero-order chi connectivity index (χ0) is 31.1. The maximum atomic E-state index is 14.2. The highest BCUT2D eigenvalue weighted by molar-refractivity contribution is 6.07. The summed E-state index contributed by atoms with van der Waals surface area (Å²) in [4.78, 5) is 34.7. The minimum Gasteiger partial charge on any atom is -0.495 e. The van der Waals surface area contributed by atoms with Crippen LogP contribution in [-0.2, 0) is 13.1 Å². The van der Waals surface area contributed by atoms with Crippen LogP contribution in [0, 0.1) is 13.8 Å². The maximum Gasteiger partial charge on any atom is 0.270 e. The predicted octanol–water partition coefficient (Wildman–Crippen LogP) is 6.20. The third-order valence-electron chi connectivity index (χ3n) is 10.1. The second-order valence-corrected chi connectivity index (χ2v) is 12.8. The molecule has 7 rings (SSSR count). The van der Waals surface area contributed by atoms with Crippen LogP contribution in [0.3, 0.4) is 0 Å². The van der Waals surface area contributed by atoms with E-state index in [2.05, 4.69) is 46.1 Å². The fourth-order valence-corrected chi connectivity index (χ4v) is 7.61. The average molecular weight is 606 g/mol. The minimum absolute atomic E-state index is 0.0894. The topological polar surface area (TPSA) is 63.0 Å². The number of hydrogen-bond donors (Lipinski definition) is 0. The molecule has 8 nitrogen and oxygen atoms in total. The summed E-state index contributed by atoms with van der Waals surface area (Å²) in [6, 6.07) is 22.4. The molecule has 3 aliphatic rings. The molecule has 2 aromatic heterocycles. The van der Waals surface area contributed by atoms with Gasteiger partial charge < -0.3 is 28.6 Å². The van der Waals surface area contributed by atoms with E-state index < -0.39 is 0 Å². The third-order valence-corrected chi connectivity index (χ3v) is 10.1. The molecule has 0 saturated carbocycles. The smallest absolute Gasteiger partial charge is 0.270 e. The number of para-hydroxylation sites is 1. The normalized spacial score (nSPS) is 17.5. The number of methoxy groups -OCH3 is 1. The van der Waals surface area contributed by atoms with Gasteiger partial charge in [-0.25, -0.2) is 0 Å². The van der Waals surface area contributed by atoms with Gasteiger partial charge in [0.15, 0.2) is 0 Å². The number of likely N-dealkylation sites (tertiary alicyclic amines) is 2. The fraction of sp³-hybridized carbons (Fsp3) is 0.405. The van der Waals surface area contributed by atoms with Gasteiger partial charge in [-0.2, -0.15) is 0 Å². The summed E-state index contributed by atoms with van der Waals surface area (Å²) in [6.07, 6.45) is 6.00. The van der Waals surface area contributed by atoms with Crippen molar-refractivity contribution in [1.29, 1.82) is 0 Å². The standard InChI is InChI=1S/C37H43N5O3/c1-26-11-12-27(2)42(26)33-15-13-28(23-35(33)45-3)36(43)41-25-31-14-16-34(40(31)24-29-9-5-6-10-32(29)41)37(44)39-21-17-30(18-22-39)38-19-7-4-8-20-38/h5-6,9-16,23,30H,4,7-8,17-22,24-25H2,1-3H3. The van der Waals surface area contributed by atoms with Crippen molar-refractivity contribution in [3.05, 3.63) is 101 Å². The molecule has 234 valence electrons. The van der Waals surface area contributed by atoms with Crippen molar-refractivity contribution in [1.82, 2.24) is 18.9 Å². The Morgan fingerprint density at radius 1 is 0.756 bits per heavy atom. The van der Waals surface area contributed by atoms with Crippen molar-refractivity contribution in [3.63, 3.8) is 0 Å². The monoisotopic (exact) mass is 605 g/mol. The van der Waals surface area contributed by atoms with E-state index in [0.717, 1.165) is 60.0 Å². The largest absolute Gasteiger partial charge is 0.495 e. The van der Waals surface area contributed by atoms with E-state index in [1.54, 1.807) is 7.11 Å². The number of aryl methyl sites for hydroxylation is 2. The van der Waals surface area contributed by atoms with Gasteiger partial charge in [-0.1, -0.05) is 24.6 Å². The van der Waals surface area contributed by atoms with Crippen LogP contribution in [0.4, 0.5) is 5.69 Å². The number of carbonyl (C=O) groups excluding carboxylic acids is 2. The van der Waals surface area contributed by atoms with Gasteiger partial charge in [0.05, 0.1) is 25.9 Å². The van der Waals surface area contributed by atoms with Gasteiger partial charge >= 0.3 is 0 Å². The Labute approximate surface area is 265 Å². The number of aromatic nitrogens is 2. The number of benzene rings is 2. The van der Waals surface area contributed by atoms with Crippen LogP contribution < -0.4 is 9.64 Å². The van der Waals surface area contributed by atoms with Gasteiger partial charge in [0.1, 0.15) is 11.4 Å². The first kappa shape index (κ1) is 29.4. The van der Waals surface area contributed by atoms with Crippen LogP contribution in [0.5, 0.6) is 5.75 Å². The predicted molar refractivity (Wildman–Crippen MR) is 177 cm³/mol. The maximum absolute atomic E-state index is 14.2. The highest BCUT2D eigenvalue weighted by Gasteiger charge is 2.32. The first-order chi connectivity index (χ1) is 21.9. The summed E-state index contributed by atoms with van der Waals surface area (Å²) in [6.45, 7) is 9.02. The molecule has 0 atom stereocenters. The lowest BCUT2D eigenvalue weighted by molar-refractivity contribution is 0.0580. The van der Waals surface area contributed by atoms with Gasteiger partial charge in [-0.3, -0.25) is 9.59 Å². The van der Waals surface area contributed by atoms with Gasteiger partial charge in [0.25, 0.3) is 11.8 Å². The number of fused-ring (bicyclic) bond motifs is 2. The van der Waals surface area contributed by atoms with E-state index in [0.29, 0.717) is 36.1 Å². The molecule has 4 aromatic rings. The lowest BCUT2D eigenvalue weighted by atomic mass is 9.99. The summed E-state index contributed by atoms with van der Waals surface area (Å²) >= 11 is 0. The molecule has 0 bridgehead atoms. The Kier molecular flexibility index (Phi) is 8.00. The van der Waals surface area contributed by atoms with Crippen molar-refractivity contribution in [2.24, 2.45) is 0 Å². The fourth-order valence-electron chi connectivity index (χ4n) is 7.61. The SMILES string of the molecule is COc1cc(C(=O)N2Cc3ccc(C(=O)N4CCC(N5CCCCC5)CC4)n3Cc3ccccc32)ccc1-n1c(C)ccc1C. The third kappa shape index (κ3) is 5.46. The lowest BCUT2D eigenvalue weighted by Gasteiger charge is -2.40.